The third kappa shape index (κ3) is 6.87. The molecule has 21 heavy (non-hydrogen) atoms. The second-order valence-corrected chi connectivity index (χ2v) is 4.89. The number of nitrogens with one attached hydrogen (secondary N) is 2. The Bertz CT molecular complexity index is 476. The summed E-state index contributed by atoms with van der Waals surface area (Å²) >= 11 is 0. The second kappa shape index (κ2) is 9.10. The van der Waals surface area contributed by atoms with E-state index in [1.165, 1.54) is 0 Å². The molecule has 0 radical (unpaired) electrons. The molecule has 0 aromatic heterocycles. The van der Waals surface area contributed by atoms with Gasteiger partial charge in [0.15, 0.2) is 0 Å². The lowest BCUT2D eigenvalue weighted by Gasteiger charge is -2.15. The summed E-state index contributed by atoms with van der Waals surface area (Å²) in [6.45, 7) is 3.76. The van der Waals surface area contributed by atoms with Gasteiger partial charge in [-0.05, 0) is 31.7 Å². The zero-order valence-electron chi connectivity index (χ0n) is 12.7. The molecule has 0 aliphatic carbocycles. The summed E-state index contributed by atoms with van der Waals surface area (Å²) in [5.74, 6) is -0.108. The Labute approximate surface area is 125 Å². The summed E-state index contributed by atoms with van der Waals surface area (Å²) < 4.78 is 0. The lowest BCUT2D eigenvalue weighted by molar-refractivity contribution is -0.122. The van der Waals surface area contributed by atoms with Crippen molar-refractivity contribution in [1.82, 2.24) is 10.2 Å². The number of carbonyl (C=O) groups is 2. The number of benzene rings is 1. The average Bonchev–Trinajstić information content (AvgIpc) is 2.45. The number of rotatable bonds is 8. The number of carbonyl (C=O) groups excluding carboxylic acids is 2. The highest BCUT2D eigenvalue weighted by atomic mass is 16.2. The van der Waals surface area contributed by atoms with Gasteiger partial charge >= 0.3 is 0 Å². The summed E-state index contributed by atoms with van der Waals surface area (Å²) in [6.07, 6.45) is 0.336. The van der Waals surface area contributed by atoms with E-state index in [0.29, 0.717) is 32.6 Å². The SMILES string of the molecule is CCNC(=O)CN(C)CCC(=O)Nc1cccc(CN)c1. The highest BCUT2D eigenvalue weighted by molar-refractivity contribution is 5.90. The maximum atomic E-state index is 11.9. The summed E-state index contributed by atoms with van der Waals surface area (Å²) in [6, 6.07) is 7.46. The first-order valence-electron chi connectivity index (χ1n) is 7.09. The molecule has 6 heteroatoms. The van der Waals surface area contributed by atoms with Crippen LogP contribution in [0.1, 0.15) is 18.9 Å². The van der Waals surface area contributed by atoms with Crippen molar-refractivity contribution < 1.29 is 9.59 Å². The van der Waals surface area contributed by atoms with E-state index in [9.17, 15) is 9.59 Å². The van der Waals surface area contributed by atoms with Crippen molar-refractivity contribution >= 4 is 17.5 Å². The summed E-state index contributed by atoms with van der Waals surface area (Å²) in [5.41, 5.74) is 7.28. The number of nitrogens with two attached hydrogens (primary N) is 1. The van der Waals surface area contributed by atoms with Crippen LogP contribution in [0.25, 0.3) is 0 Å². The fraction of sp³-hybridized carbons (Fsp3) is 0.467. The van der Waals surface area contributed by atoms with Crippen LogP contribution in [0.5, 0.6) is 0 Å². The lowest BCUT2D eigenvalue weighted by Crippen LogP contribution is -2.36. The number of hydrogen-bond acceptors (Lipinski definition) is 4. The molecule has 0 aliphatic rings. The van der Waals surface area contributed by atoms with Crippen molar-refractivity contribution in [3.8, 4) is 0 Å². The van der Waals surface area contributed by atoms with Crippen LogP contribution in [-0.2, 0) is 16.1 Å². The molecule has 4 N–H and O–H groups in total. The van der Waals surface area contributed by atoms with Gasteiger partial charge in [-0.1, -0.05) is 12.1 Å². The average molecular weight is 292 g/mol. The monoisotopic (exact) mass is 292 g/mol. The van der Waals surface area contributed by atoms with Crippen molar-refractivity contribution in [3.05, 3.63) is 29.8 Å². The van der Waals surface area contributed by atoms with E-state index in [0.717, 1.165) is 11.3 Å². The second-order valence-electron chi connectivity index (χ2n) is 4.89. The van der Waals surface area contributed by atoms with E-state index in [4.69, 9.17) is 5.73 Å². The molecule has 0 atom stereocenters. The normalized spacial score (nSPS) is 10.5. The fourth-order valence-electron chi connectivity index (χ4n) is 1.87. The zero-order valence-corrected chi connectivity index (χ0v) is 12.7. The van der Waals surface area contributed by atoms with Gasteiger partial charge in [-0.3, -0.25) is 14.5 Å². The van der Waals surface area contributed by atoms with E-state index in [1.54, 1.807) is 0 Å². The zero-order chi connectivity index (χ0) is 15.7. The topological polar surface area (TPSA) is 87.5 Å². The summed E-state index contributed by atoms with van der Waals surface area (Å²) in [4.78, 5) is 25.1. The molecule has 6 nitrogen and oxygen atoms in total. The molecule has 116 valence electrons. The molecule has 0 aliphatic heterocycles. The third-order valence-corrected chi connectivity index (χ3v) is 2.95. The third-order valence-electron chi connectivity index (χ3n) is 2.95. The molecule has 0 saturated heterocycles. The van der Waals surface area contributed by atoms with Crippen LogP contribution >= 0.6 is 0 Å². The van der Waals surface area contributed by atoms with Crippen LogP contribution in [-0.4, -0.2) is 43.4 Å². The molecular weight excluding hydrogens is 268 g/mol. The molecule has 0 saturated carbocycles. The minimum Gasteiger partial charge on any atom is -0.355 e. The van der Waals surface area contributed by atoms with Crippen molar-refractivity contribution in [2.45, 2.75) is 19.9 Å². The highest BCUT2D eigenvalue weighted by Gasteiger charge is 2.08. The first-order valence-corrected chi connectivity index (χ1v) is 7.09. The van der Waals surface area contributed by atoms with E-state index in [2.05, 4.69) is 10.6 Å². The van der Waals surface area contributed by atoms with Crippen LogP contribution in [0.15, 0.2) is 24.3 Å². The highest BCUT2D eigenvalue weighted by Crippen LogP contribution is 2.10. The Balaban J connectivity index is 2.34. The van der Waals surface area contributed by atoms with Crippen LogP contribution in [0.3, 0.4) is 0 Å². The summed E-state index contributed by atoms with van der Waals surface area (Å²) in [7, 11) is 1.82. The number of likely N-dealkylation sites (N-methyl/N-ethyl adjacent to an activating group) is 2. The predicted molar refractivity (Wildman–Crippen MR) is 83.8 cm³/mol. The van der Waals surface area contributed by atoms with E-state index >= 15 is 0 Å². The maximum Gasteiger partial charge on any atom is 0.234 e. The number of anilines is 1. The van der Waals surface area contributed by atoms with Crippen LogP contribution in [0.4, 0.5) is 5.69 Å². The number of nitrogens with zero attached hydrogens (tertiary/aromatic N) is 1. The van der Waals surface area contributed by atoms with Gasteiger partial charge in [0, 0.05) is 31.7 Å². The first-order chi connectivity index (χ1) is 10.0. The molecule has 0 heterocycles. The van der Waals surface area contributed by atoms with Gasteiger partial charge in [0.05, 0.1) is 6.54 Å². The predicted octanol–water partition coefficient (Wildman–Crippen LogP) is 0.542. The molecule has 1 rings (SSSR count). The van der Waals surface area contributed by atoms with Gasteiger partial charge in [0.2, 0.25) is 11.8 Å². The Morgan fingerprint density at radius 3 is 2.71 bits per heavy atom. The molecule has 0 fully saturated rings. The quantitative estimate of drug-likeness (QED) is 0.652. The Hall–Kier alpha value is -1.92. The van der Waals surface area contributed by atoms with E-state index in [-0.39, 0.29) is 11.8 Å². The molecule has 0 spiro atoms. The van der Waals surface area contributed by atoms with Gasteiger partial charge < -0.3 is 16.4 Å². The van der Waals surface area contributed by atoms with E-state index in [1.807, 2.05) is 43.1 Å². The van der Waals surface area contributed by atoms with Crippen LogP contribution in [0, 0.1) is 0 Å². The molecule has 1 aromatic rings. The van der Waals surface area contributed by atoms with Crippen molar-refractivity contribution in [3.63, 3.8) is 0 Å². The lowest BCUT2D eigenvalue weighted by atomic mass is 10.2. The van der Waals surface area contributed by atoms with Crippen LogP contribution < -0.4 is 16.4 Å². The Morgan fingerprint density at radius 1 is 1.29 bits per heavy atom. The first kappa shape index (κ1) is 17.1. The van der Waals surface area contributed by atoms with Crippen molar-refractivity contribution in [2.75, 3.05) is 32.0 Å². The van der Waals surface area contributed by atoms with Crippen molar-refractivity contribution in [2.24, 2.45) is 5.73 Å². The smallest absolute Gasteiger partial charge is 0.234 e. The van der Waals surface area contributed by atoms with Gasteiger partial charge in [0.25, 0.3) is 0 Å². The minimum atomic E-state index is -0.0769. The Morgan fingerprint density at radius 2 is 2.05 bits per heavy atom. The van der Waals surface area contributed by atoms with Gasteiger partial charge in [-0.15, -0.1) is 0 Å². The molecule has 0 unspecified atom stereocenters. The summed E-state index contributed by atoms with van der Waals surface area (Å²) in [5, 5.41) is 5.55. The maximum absolute atomic E-state index is 11.9. The number of hydrogen-bond donors (Lipinski definition) is 3. The van der Waals surface area contributed by atoms with Crippen LogP contribution in [0.2, 0.25) is 0 Å². The minimum absolute atomic E-state index is 0.0314. The fourth-order valence-corrected chi connectivity index (χ4v) is 1.87. The van der Waals surface area contributed by atoms with Gasteiger partial charge in [-0.25, -0.2) is 0 Å². The van der Waals surface area contributed by atoms with Crippen molar-refractivity contribution in [1.29, 1.82) is 0 Å². The molecular formula is C15H24N4O2. The largest absolute Gasteiger partial charge is 0.355 e. The Kier molecular flexibility index (Phi) is 7.42. The number of amides is 2. The standard InChI is InChI=1S/C15H24N4O2/c1-3-17-15(21)11-19(2)8-7-14(20)18-13-6-4-5-12(9-13)10-16/h4-6,9H,3,7-8,10-11,16H2,1-2H3,(H,17,21)(H,18,20). The molecule has 2 amide bonds. The van der Waals surface area contributed by atoms with Gasteiger partial charge in [-0.2, -0.15) is 0 Å². The molecule has 0 bridgehead atoms. The molecule has 1 aromatic carbocycles. The van der Waals surface area contributed by atoms with E-state index < -0.39 is 0 Å². The van der Waals surface area contributed by atoms with Gasteiger partial charge in [0.1, 0.15) is 0 Å².